The Kier molecular flexibility index (Phi) is 3.30. The summed E-state index contributed by atoms with van der Waals surface area (Å²) in [5, 5.41) is 10.6. The molecule has 2 heterocycles. The Hall–Kier alpha value is -1.39. The molecule has 3 nitrogen and oxygen atoms in total. The van der Waals surface area contributed by atoms with E-state index < -0.39 is 5.97 Å². The third-order valence-corrected chi connectivity index (χ3v) is 5.52. The summed E-state index contributed by atoms with van der Waals surface area (Å²) in [5.41, 5.74) is 1.15. The highest BCUT2D eigenvalue weighted by Gasteiger charge is 2.33. The minimum absolute atomic E-state index is 0.165. The van der Waals surface area contributed by atoms with Gasteiger partial charge >= 0.3 is 5.97 Å². The average Bonchev–Trinajstić information content (AvgIpc) is 2.92. The summed E-state index contributed by atoms with van der Waals surface area (Å²) in [6.07, 6.45) is 2.37. The predicted octanol–water partition coefficient (Wildman–Crippen LogP) is 3.97. The molecule has 0 atom stereocenters. The van der Waals surface area contributed by atoms with Crippen LogP contribution >= 0.6 is 11.3 Å². The molecule has 1 saturated heterocycles. The van der Waals surface area contributed by atoms with Gasteiger partial charge in [0, 0.05) is 16.8 Å². The van der Waals surface area contributed by atoms with Crippen LogP contribution in [-0.4, -0.2) is 28.1 Å². The molecule has 0 unspecified atom stereocenters. The maximum absolute atomic E-state index is 11.5. The van der Waals surface area contributed by atoms with Gasteiger partial charge < -0.3 is 5.11 Å². The molecule has 1 fully saturated rings. The third-order valence-electron chi connectivity index (χ3n) is 4.31. The molecule has 3 rings (SSSR count). The van der Waals surface area contributed by atoms with Crippen molar-refractivity contribution in [3.8, 4) is 0 Å². The van der Waals surface area contributed by atoms with E-state index in [4.69, 9.17) is 0 Å². The molecule has 2 aromatic rings. The van der Waals surface area contributed by atoms with Crippen LogP contribution in [0.1, 0.15) is 41.9 Å². The Morgan fingerprint density at radius 1 is 1.40 bits per heavy atom. The summed E-state index contributed by atoms with van der Waals surface area (Å²) in [4.78, 5) is 14.4. The van der Waals surface area contributed by atoms with Crippen LogP contribution in [0.5, 0.6) is 0 Å². The highest BCUT2D eigenvalue weighted by molar-refractivity contribution is 7.21. The Labute approximate surface area is 122 Å². The molecule has 20 heavy (non-hydrogen) atoms. The fourth-order valence-electron chi connectivity index (χ4n) is 3.08. The minimum atomic E-state index is -0.807. The van der Waals surface area contributed by atoms with Crippen molar-refractivity contribution in [2.75, 3.05) is 6.54 Å². The zero-order chi connectivity index (χ0) is 14.3. The molecule has 0 radical (unpaired) electrons. The average molecular weight is 289 g/mol. The molecule has 0 spiro atoms. The first kappa shape index (κ1) is 13.6. The van der Waals surface area contributed by atoms with Gasteiger partial charge in [-0.15, -0.1) is 11.3 Å². The van der Waals surface area contributed by atoms with Gasteiger partial charge in [-0.25, -0.2) is 4.79 Å². The van der Waals surface area contributed by atoms with E-state index in [9.17, 15) is 9.90 Å². The number of carbonyl (C=O) groups is 1. The lowest BCUT2D eigenvalue weighted by Gasteiger charge is -2.31. The number of likely N-dealkylation sites (tertiary alicyclic amines) is 1. The lowest BCUT2D eigenvalue weighted by atomic mass is 10.0. The van der Waals surface area contributed by atoms with Gasteiger partial charge in [0.2, 0.25) is 0 Å². The highest BCUT2D eigenvalue weighted by atomic mass is 32.1. The van der Waals surface area contributed by atoms with Crippen molar-refractivity contribution in [3.05, 3.63) is 34.7 Å². The highest BCUT2D eigenvalue weighted by Crippen LogP contribution is 2.36. The van der Waals surface area contributed by atoms with E-state index in [-0.39, 0.29) is 5.54 Å². The van der Waals surface area contributed by atoms with Crippen molar-refractivity contribution in [1.29, 1.82) is 0 Å². The van der Waals surface area contributed by atoms with Crippen LogP contribution < -0.4 is 0 Å². The van der Waals surface area contributed by atoms with Gasteiger partial charge in [0.15, 0.2) is 0 Å². The fourth-order valence-corrected chi connectivity index (χ4v) is 4.13. The Bertz CT molecular complexity index is 660. The van der Waals surface area contributed by atoms with Crippen molar-refractivity contribution in [2.24, 2.45) is 0 Å². The van der Waals surface area contributed by atoms with Crippen LogP contribution in [0.2, 0.25) is 0 Å². The number of aromatic carboxylic acids is 1. The lowest BCUT2D eigenvalue weighted by molar-refractivity contribution is 0.0698. The van der Waals surface area contributed by atoms with Gasteiger partial charge in [0.1, 0.15) is 4.88 Å². The van der Waals surface area contributed by atoms with Gasteiger partial charge in [-0.3, -0.25) is 4.90 Å². The quantitative estimate of drug-likeness (QED) is 0.929. The van der Waals surface area contributed by atoms with E-state index in [2.05, 4.69) is 18.7 Å². The van der Waals surface area contributed by atoms with E-state index in [1.54, 1.807) is 0 Å². The fraction of sp³-hybridized carbons (Fsp3) is 0.438. The van der Waals surface area contributed by atoms with Gasteiger partial charge in [-0.1, -0.05) is 18.2 Å². The molecular formula is C16H19NO2S. The molecule has 0 aliphatic carbocycles. The first-order chi connectivity index (χ1) is 9.49. The summed E-state index contributed by atoms with van der Waals surface area (Å²) >= 11 is 1.39. The maximum Gasteiger partial charge on any atom is 0.346 e. The lowest BCUT2D eigenvalue weighted by Crippen LogP contribution is -2.37. The van der Waals surface area contributed by atoms with E-state index in [0.717, 1.165) is 28.7 Å². The predicted molar refractivity (Wildman–Crippen MR) is 82.5 cm³/mol. The van der Waals surface area contributed by atoms with Crippen LogP contribution in [-0.2, 0) is 6.54 Å². The first-order valence-electron chi connectivity index (χ1n) is 6.98. The van der Waals surface area contributed by atoms with Gasteiger partial charge in [-0.05, 0) is 50.2 Å². The number of nitrogens with zero attached hydrogens (tertiary/aromatic N) is 1. The van der Waals surface area contributed by atoms with Crippen molar-refractivity contribution < 1.29 is 9.90 Å². The molecule has 4 heteroatoms. The topological polar surface area (TPSA) is 40.5 Å². The molecule has 0 amide bonds. The van der Waals surface area contributed by atoms with Gasteiger partial charge in [0.25, 0.3) is 0 Å². The molecule has 106 valence electrons. The van der Waals surface area contributed by atoms with E-state index >= 15 is 0 Å². The monoisotopic (exact) mass is 289 g/mol. The first-order valence-corrected chi connectivity index (χ1v) is 7.79. The molecular weight excluding hydrogens is 270 g/mol. The summed E-state index contributed by atoms with van der Waals surface area (Å²) < 4.78 is 1.07. The smallest absolute Gasteiger partial charge is 0.346 e. The van der Waals surface area contributed by atoms with Crippen LogP contribution in [0.3, 0.4) is 0 Å². The van der Waals surface area contributed by atoms with Gasteiger partial charge in [-0.2, -0.15) is 0 Å². The van der Waals surface area contributed by atoms with Crippen molar-refractivity contribution >= 4 is 27.4 Å². The minimum Gasteiger partial charge on any atom is -0.477 e. The zero-order valence-electron chi connectivity index (χ0n) is 11.8. The standard InChI is InChI=1S/C16H19NO2S/c1-16(2)8-5-9-17(16)10-12-11-6-3-4-7-13(11)20-14(12)15(18)19/h3-4,6-7H,5,8-10H2,1-2H3,(H,18,19). The number of thiophene rings is 1. The van der Waals surface area contributed by atoms with E-state index in [1.165, 1.54) is 24.2 Å². The number of hydrogen-bond acceptors (Lipinski definition) is 3. The van der Waals surface area contributed by atoms with Crippen molar-refractivity contribution in [1.82, 2.24) is 4.90 Å². The molecule has 0 bridgehead atoms. The number of fused-ring (bicyclic) bond motifs is 1. The molecule has 1 aromatic heterocycles. The Balaban J connectivity index is 2.05. The number of rotatable bonds is 3. The summed E-state index contributed by atoms with van der Waals surface area (Å²) in [5.74, 6) is -0.807. The largest absolute Gasteiger partial charge is 0.477 e. The molecule has 0 saturated carbocycles. The Morgan fingerprint density at radius 3 is 2.80 bits per heavy atom. The number of carboxylic acid groups (broad SMARTS) is 1. The van der Waals surface area contributed by atoms with E-state index in [0.29, 0.717) is 4.88 Å². The molecule has 1 aliphatic rings. The van der Waals surface area contributed by atoms with Crippen molar-refractivity contribution in [2.45, 2.75) is 38.8 Å². The summed E-state index contributed by atoms with van der Waals surface area (Å²) in [6, 6.07) is 8.00. The van der Waals surface area contributed by atoms with Crippen LogP contribution in [0, 0.1) is 0 Å². The van der Waals surface area contributed by atoms with Crippen LogP contribution in [0.15, 0.2) is 24.3 Å². The third kappa shape index (κ3) is 2.23. The molecule has 1 aromatic carbocycles. The number of hydrogen-bond donors (Lipinski definition) is 1. The van der Waals surface area contributed by atoms with Gasteiger partial charge in [0.05, 0.1) is 0 Å². The zero-order valence-corrected chi connectivity index (χ0v) is 12.7. The normalized spacial score (nSPS) is 18.7. The summed E-state index contributed by atoms with van der Waals surface area (Å²) in [6.45, 7) is 6.28. The molecule has 1 aliphatic heterocycles. The number of benzene rings is 1. The van der Waals surface area contributed by atoms with Crippen LogP contribution in [0.25, 0.3) is 10.1 Å². The number of carboxylic acids is 1. The summed E-state index contributed by atoms with van der Waals surface area (Å²) in [7, 11) is 0. The second-order valence-electron chi connectivity index (χ2n) is 6.05. The SMILES string of the molecule is CC1(C)CCCN1Cc1c(C(=O)O)sc2ccccc12. The second-order valence-corrected chi connectivity index (χ2v) is 7.10. The van der Waals surface area contributed by atoms with Crippen molar-refractivity contribution in [3.63, 3.8) is 0 Å². The molecule has 1 N–H and O–H groups in total. The second kappa shape index (κ2) is 4.86. The van der Waals surface area contributed by atoms with E-state index in [1.807, 2.05) is 24.3 Å². The van der Waals surface area contributed by atoms with Crippen LogP contribution in [0.4, 0.5) is 0 Å². The maximum atomic E-state index is 11.5. The Morgan fingerprint density at radius 2 is 2.15 bits per heavy atom.